The van der Waals surface area contributed by atoms with Crippen molar-refractivity contribution in [2.75, 3.05) is 36.9 Å². The highest BCUT2D eigenvalue weighted by molar-refractivity contribution is 7.89. The maximum absolute atomic E-state index is 13.2. The van der Waals surface area contributed by atoms with Crippen molar-refractivity contribution in [2.24, 2.45) is 0 Å². The molecule has 0 amide bonds. The lowest BCUT2D eigenvalue weighted by Gasteiger charge is -2.35. The van der Waals surface area contributed by atoms with Crippen LogP contribution in [0.15, 0.2) is 65.7 Å². The summed E-state index contributed by atoms with van der Waals surface area (Å²) in [6.45, 7) is 2.59. The predicted octanol–water partition coefficient (Wildman–Crippen LogP) is 4.02. The molecule has 1 aromatic heterocycles. The molecule has 2 fully saturated rings. The lowest BCUT2D eigenvalue weighted by Crippen LogP contribution is -2.48. The summed E-state index contributed by atoms with van der Waals surface area (Å²) in [5.41, 5.74) is 1.36. The number of aromatic nitrogens is 2. The molecule has 2 aliphatic heterocycles. The summed E-state index contributed by atoms with van der Waals surface area (Å²) in [5, 5.41) is 9.87. The van der Waals surface area contributed by atoms with Gasteiger partial charge in [-0.2, -0.15) is 9.29 Å². The predicted molar refractivity (Wildman–Crippen MR) is 140 cm³/mol. The summed E-state index contributed by atoms with van der Waals surface area (Å²) in [5.74, 6) is 0.577. The van der Waals surface area contributed by atoms with Crippen LogP contribution in [0.3, 0.4) is 0 Å². The van der Waals surface area contributed by atoms with E-state index in [1.807, 2.05) is 0 Å². The highest BCUT2D eigenvalue weighted by Gasteiger charge is 2.30. The van der Waals surface area contributed by atoms with Crippen molar-refractivity contribution >= 4 is 33.2 Å². The lowest BCUT2D eigenvalue weighted by atomic mass is 10.0. The molecule has 0 aliphatic carbocycles. The molecule has 0 saturated carbocycles. The summed E-state index contributed by atoms with van der Waals surface area (Å²) in [4.78, 5) is 8.90. The van der Waals surface area contributed by atoms with Crippen LogP contribution in [-0.2, 0) is 14.8 Å². The van der Waals surface area contributed by atoms with Gasteiger partial charge in [-0.15, -0.1) is 0 Å². The zero-order chi connectivity index (χ0) is 25.7. The average molecular weight is 527 g/mol. The van der Waals surface area contributed by atoms with Crippen molar-refractivity contribution in [3.63, 3.8) is 0 Å². The van der Waals surface area contributed by atoms with Gasteiger partial charge in [0.05, 0.1) is 4.90 Å². The molecule has 0 radical (unpaired) electrons. The second kappa shape index (κ2) is 11.5. The molecule has 5 rings (SSSR count). The molecule has 37 heavy (non-hydrogen) atoms. The number of hydrogen-bond acceptors (Lipinski definition) is 8. The summed E-state index contributed by atoms with van der Waals surface area (Å²) in [6, 6.07) is 15.1. The van der Waals surface area contributed by atoms with E-state index in [1.54, 1.807) is 53.0 Å². The molecule has 2 aliphatic rings. The van der Waals surface area contributed by atoms with Gasteiger partial charge >= 0.3 is 0 Å². The monoisotopic (exact) mass is 526 g/mol. The molecule has 3 heterocycles. The van der Waals surface area contributed by atoms with Crippen LogP contribution in [0.1, 0.15) is 25.7 Å². The fourth-order valence-corrected chi connectivity index (χ4v) is 6.09. The molecule has 0 unspecified atom stereocenters. The second-order valence-electron chi connectivity index (χ2n) is 9.28. The van der Waals surface area contributed by atoms with E-state index in [0.717, 1.165) is 38.9 Å². The first-order valence-corrected chi connectivity index (χ1v) is 14.0. The quantitative estimate of drug-likeness (QED) is 0.404. The largest absolute Gasteiger partial charge is 0.381 e. The van der Waals surface area contributed by atoms with Gasteiger partial charge in [0.15, 0.2) is 0 Å². The van der Waals surface area contributed by atoms with E-state index in [2.05, 4.69) is 25.9 Å². The number of anilines is 4. The Morgan fingerprint density at radius 1 is 0.838 bits per heavy atom. The van der Waals surface area contributed by atoms with E-state index >= 15 is 0 Å². The number of piperidine rings is 1. The van der Waals surface area contributed by atoms with Gasteiger partial charge in [0.1, 0.15) is 11.6 Å². The Morgan fingerprint density at radius 2 is 1.46 bits per heavy atom. The Bertz CT molecular complexity index is 1280. The normalized spacial score (nSPS) is 18.0. The minimum Gasteiger partial charge on any atom is -0.381 e. The number of sulfonamides is 1. The number of benzene rings is 2. The molecule has 2 saturated heterocycles. The number of nitrogens with one attached hydrogen (secondary N) is 3. The van der Waals surface area contributed by atoms with Crippen molar-refractivity contribution in [2.45, 2.75) is 42.7 Å². The van der Waals surface area contributed by atoms with E-state index < -0.39 is 10.0 Å². The molecule has 11 heteroatoms. The van der Waals surface area contributed by atoms with Crippen LogP contribution in [0.25, 0.3) is 0 Å². The Morgan fingerprint density at radius 3 is 2.16 bits per heavy atom. The van der Waals surface area contributed by atoms with Crippen molar-refractivity contribution in [1.29, 1.82) is 0 Å². The van der Waals surface area contributed by atoms with E-state index in [1.165, 1.54) is 12.1 Å². The molecular weight excluding hydrogens is 495 g/mol. The molecule has 9 nitrogen and oxygen atoms in total. The van der Waals surface area contributed by atoms with Crippen LogP contribution >= 0.6 is 0 Å². The van der Waals surface area contributed by atoms with Gasteiger partial charge in [-0.3, -0.25) is 0 Å². The first-order valence-electron chi connectivity index (χ1n) is 12.5. The lowest BCUT2D eigenvalue weighted by molar-refractivity contribution is 0.0725. The standard InChI is InChI=1S/C26H31FN6O3S/c27-19-1-3-20(4-2-19)30-25-9-14-28-26(32-25)31-21-5-7-24(8-6-21)37(34,35)33-15-10-22(11-16-33)29-23-12-17-36-18-13-23/h1-9,14,22-23,29H,10-13,15-18H2,(H2,28,30,31,32). The van der Waals surface area contributed by atoms with Crippen molar-refractivity contribution in [1.82, 2.24) is 19.6 Å². The van der Waals surface area contributed by atoms with Gasteiger partial charge in [0.2, 0.25) is 16.0 Å². The molecule has 0 spiro atoms. The maximum atomic E-state index is 13.2. The van der Waals surface area contributed by atoms with E-state index in [0.29, 0.717) is 48.3 Å². The second-order valence-corrected chi connectivity index (χ2v) is 11.2. The summed E-state index contributed by atoms with van der Waals surface area (Å²) >= 11 is 0. The third-order valence-electron chi connectivity index (χ3n) is 6.67. The topological polar surface area (TPSA) is 108 Å². The third-order valence-corrected chi connectivity index (χ3v) is 8.58. The number of halogens is 1. The van der Waals surface area contributed by atoms with Crippen LogP contribution < -0.4 is 16.0 Å². The molecule has 0 bridgehead atoms. The maximum Gasteiger partial charge on any atom is 0.243 e. The Labute approximate surface area is 216 Å². The van der Waals surface area contributed by atoms with Crippen molar-refractivity contribution in [3.05, 3.63) is 66.6 Å². The number of nitrogens with zero attached hydrogens (tertiary/aromatic N) is 3. The van der Waals surface area contributed by atoms with Gasteiger partial charge in [-0.1, -0.05) is 0 Å². The van der Waals surface area contributed by atoms with Gasteiger partial charge in [-0.05, 0) is 80.3 Å². The van der Waals surface area contributed by atoms with Crippen LogP contribution in [0.5, 0.6) is 0 Å². The van der Waals surface area contributed by atoms with E-state index in [-0.39, 0.29) is 10.7 Å². The highest BCUT2D eigenvalue weighted by Crippen LogP contribution is 2.24. The molecule has 3 aromatic rings. The van der Waals surface area contributed by atoms with E-state index in [4.69, 9.17) is 4.74 Å². The summed E-state index contributed by atoms with van der Waals surface area (Å²) in [7, 11) is -3.56. The van der Waals surface area contributed by atoms with Gasteiger partial charge in [0.25, 0.3) is 0 Å². The zero-order valence-corrected chi connectivity index (χ0v) is 21.3. The molecule has 196 valence electrons. The minimum atomic E-state index is -3.56. The number of hydrogen-bond donors (Lipinski definition) is 3. The van der Waals surface area contributed by atoms with Crippen LogP contribution in [-0.4, -0.2) is 61.1 Å². The summed E-state index contributed by atoms with van der Waals surface area (Å²) in [6.07, 6.45) is 5.23. The Balaban J connectivity index is 1.17. The van der Waals surface area contributed by atoms with E-state index in [9.17, 15) is 12.8 Å². The smallest absolute Gasteiger partial charge is 0.243 e. The van der Waals surface area contributed by atoms with Gasteiger partial charge in [-0.25, -0.2) is 17.8 Å². The first kappa shape index (κ1) is 25.5. The zero-order valence-electron chi connectivity index (χ0n) is 20.4. The fourth-order valence-electron chi connectivity index (χ4n) is 4.62. The average Bonchev–Trinajstić information content (AvgIpc) is 2.91. The molecule has 0 atom stereocenters. The minimum absolute atomic E-state index is 0.265. The third kappa shape index (κ3) is 6.61. The van der Waals surface area contributed by atoms with Crippen LogP contribution in [0.2, 0.25) is 0 Å². The molecule has 3 N–H and O–H groups in total. The highest BCUT2D eigenvalue weighted by atomic mass is 32.2. The van der Waals surface area contributed by atoms with Crippen LogP contribution in [0.4, 0.5) is 27.5 Å². The van der Waals surface area contributed by atoms with Gasteiger partial charge < -0.3 is 20.7 Å². The SMILES string of the molecule is O=S(=O)(c1ccc(Nc2nccc(Nc3ccc(F)cc3)n2)cc1)N1CCC(NC2CCOCC2)CC1. The molecular formula is C26H31FN6O3S. The fraction of sp³-hybridized carbons (Fsp3) is 0.385. The van der Waals surface area contributed by atoms with Gasteiger partial charge in [0, 0.05) is 56.0 Å². The number of ether oxygens (including phenoxy) is 1. The first-order chi connectivity index (χ1) is 18.0. The Kier molecular flexibility index (Phi) is 7.94. The van der Waals surface area contributed by atoms with Crippen molar-refractivity contribution in [3.8, 4) is 0 Å². The Hall–Kier alpha value is -3.12. The van der Waals surface area contributed by atoms with Crippen LogP contribution in [0, 0.1) is 5.82 Å². The number of rotatable bonds is 8. The summed E-state index contributed by atoms with van der Waals surface area (Å²) < 4.78 is 46.5. The molecule has 2 aromatic carbocycles. The van der Waals surface area contributed by atoms with Crippen molar-refractivity contribution < 1.29 is 17.5 Å².